The van der Waals surface area contributed by atoms with Gasteiger partial charge in [-0.15, -0.1) is 13.2 Å². The summed E-state index contributed by atoms with van der Waals surface area (Å²) < 4.78 is 65.5. The van der Waals surface area contributed by atoms with Crippen LogP contribution in [0.3, 0.4) is 0 Å². The third-order valence-electron chi connectivity index (χ3n) is 3.94. The molecule has 1 aromatic rings. The van der Waals surface area contributed by atoms with Gasteiger partial charge in [0.05, 0.1) is 11.9 Å². The Kier molecular flexibility index (Phi) is 6.34. The number of sulfonamides is 1. The zero-order chi connectivity index (χ0) is 19.4. The van der Waals surface area contributed by atoms with Crippen LogP contribution >= 0.6 is 0 Å². The summed E-state index contributed by atoms with van der Waals surface area (Å²) in [6.07, 6.45) is -2.33. The number of ether oxygens (including phenoxy) is 1. The topological polar surface area (TPSA) is 97.0 Å². The van der Waals surface area contributed by atoms with Crippen molar-refractivity contribution in [1.29, 1.82) is 0 Å². The van der Waals surface area contributed by atoms with Gasteiger partial charge in [-0.1, -0.05) is 12.1 Å². The molecule has 0 aliphatic carbocycles. The van der Waals surface area contributed by atoms with Crippen LogP contribution in [0.1, 0.15) is 12.8 Å². The Balaban J connectivity index is 1.92. The van der Waals surface area contributed by atoms with E-state index >= 15 is 0 Å². The van der Waals surface area contributed by atoms with Crippen molar-refractivity contribution in [3.05, 3.63) is 24.3 Å². The fourth-order valence-electron chi connectivity index (χ4n) is 2.61. The summed E-state index contributed by atoms with van der Waals surface area (Å²) in [4.78, 5) is 4.15. The van der Waals surface area contributed by atoms with E-state index in [1.165, 1.54) is 28.8 Å². The number of piperidine rings is 1. The first-order valence-electron chi connectivity index (χ1n) is 7.91. The van der Waals surface area contributed by atoms with E-state index in [1.54, 1.807) is 6.07 Å². The second kappa shape index (κ2) is 8.12. The number of halogens is 3. The van der Waals surface area contributed by atoms with E-state index in [2.05, 4.69) is 15.0 Å². The predicted octanol–water partition coefficient (Wildman–Crippen LogP) is 1.98. The largest absolute Gasteiger partial charge is 0.573 e. The second-order valence-corrected chi connectivity index (χ2v) is 7.98. The molecule has 0 atom stereocenters. The highest BCUT2D eigenvalue weighted by molar-refractivity contribution is 7.88. The number of anilines is 1. The molecule has 1 saturated heterocycles. The minimum Gasteiger partial charge on any atom is -0.404 e. The number of hydrogen-bond donors (Lipinski definition) is 2. The van der Waals surface area contributed by atoms with Crippen molar-refractivity contribution in [3.8, 4) is 5.75 Å². The van der Waals surface area contributed by atoms with Gasteiger partial charge in [0.1, 0.15) is 0 Å². The standard InChI is InChI=1S/C15H21F3N4O3S/c1-26(23,24)22-8-6-11(7-9-22)10-20-14(19)21-12-4-2-3-5-13(12)25-15(16,17)18/h2-5,11H,6-10H2,1H3,(H3,19,20,21). The summed E-state index contributed by atoms with van der Waals surface area (Å²) in [5, 5.41) is 2.60. The molecular formula is C15H21F3N4O3S. The van der Waals surface area contributed by atoms with Gasteiger partial charge in [-0.05, 0) is 30.9 Å². The summed E-state index contributed by atoms with van der Waals surface area (Å²) >= 11 is 0. The molecule has 11 heteroatoms. The van der Waals surface area contributed by atoms with Crippen LogP contribution in [0.5, 0.6) is 5.75 Å². The van der Waals surface area contributed by atoms with Gasteiger partial charge < -0.3 is 15.8 Å². The summed E-state index contributed by atoms with van der Waals surface area (Å²) in [6, 6.07) is 5.52. The molecule has 26 heavy (non-hydrogen) atoms. The van der Waals surface area contributed by atoms with E-state index < -0.39 is 22.1 Å². The highest BCUT2D eigenvalue weighted by atomic mass is 32.2. The smallest absolute Gasteiger partial charge is 0.404 e. The lowest BCUT2D eigenvalue weighted by Crippen LogP contribution is -2.38. The molecule has 0 saturated carbocycles. The Hall–Kier alpha value is -2.01. The van der Waals surface area contributed by atoms with Crippen LogP contribution in [0.25, 0.3) is 0 Å². The Morgan fingerprint density at radius 2 is 1.96 bits per heavy atom. The van der Waals surface area contributed by atoms with Gasteiger partial charge in [0.25, 0.3) is 0 Å². The molecule has 0 spiro atoms. The van der Waals surface area contributed by atoms with Crippen molar-refractivity contribution in [1.82, 2.24) is 4.31 Å². The second-order valence-electron chi connectivity index (χ2n) is 6.00. The number of guanidine groups is 1. The molecule has 0 radical (unpaired) electrons. The van der Waals surface area contributed by atoms with Gasteiger partial charge in [-0.25, -0.2) is 12.7 Å². The third kappa shape index (κ3) is 6.37. The molecule has 1 aliphatic rings. The fourth-order valence-corrected chi connectivity index (χ4v) is 3.49. The normalized spacial score (nSPS) is 17.9. The van der Waals surface area contributed by atoms with Crippen LogP contribution in [0.15, 0.2) is 29.3 Å². The number of hydrogen-bond acceptors (Lipinski definition) is 4. The molecule has 0 aromatic heterocycles. The minimum absolute atomic E-state index is 0.0335. The highest BCUT2D eigenvalue weighted by Gasteiger charge is 2.32. The summed E-state index contributed by atoms with van der Waals surface area (Å²) in [7, 11) is -3.19. The maximum absolute atomic E-state index is 12.4. The average molecular weight is 394 g/mol. The minimum atomic E-state index is -4.81. The molecule has 0 amide bonds. The summed E-state index contributed by atoms with van der Waals surface area (Å²) in [6.45, 7) is 1.21. The molecule has 0 bridgehead atoms. The van der Waals surface area contributed by atoms with Crippen LogP contribution in [-0.4, -0.2) is 50.9 Å². The summed E-state index contributed by atoms with van der Waals surface area (Å²) in [5.74, 6) is -0.275. The fraction of sp³-hybridized carbons (Fsp3) is 0.533. The number of aliphatic imine (C=N–C) groups is 1. The van der Waals surface area contributed by atoms with E-state index in [9.17, 15) is 21.6 Å². The van der Waals surface area contributed by atoms with E-state index in [4.69, 9.17) is 5.73 Å². The van der Waals surface area contributed by atoms with Gasteiger partial charge in [-0.3, -0.25) is 4.99 Å². The van der Waals surface area contributed by atoms with E-state index in [1.807, 2.05) is 0 Å². The number of alkyl halides is 3. The van der Waals surface area contributed by atoms with Crippen molar-refractivity contribution < 1.29 is 26.3 Å². The lowest BCUT2D eigenvalue weighted by molar-refractivity contribution is -0.274. The van der Waals surface area contributed by atoms with E-state index in [0.29, 0.717) is 32.5 Å². The van der Waals surface area contributed by atoms with Crippen LogP contribution < -0.4 is 15.8 Å². The number of benzene rings is 1. The molecular weight excluding hydrogens is 373 g/mol. The number of para-hydroxylation sites is 2. The Morgan fingerprint density at radius 3 is 2.54 bits per heavy atom. The zero-order valence-corrected chi connectivity index (χ0v) is 15.0. The zero-order valence-electron chi connectivity index (χ0n) is 14.2. The van der Waals surface area contributed by atoms with Gasteiger partial charge in [-0.2, -0.15) is 0 Å². The van der Waals surface area contributed by atoms with E-state index in [-0.39, 0.29) is 17.6 Å². The Morgan fingerprint density at radius 1 is 1.35 bits per heavy atom. The lowest BCUT2D eigenvalue weighted by Gasteiger charge is -2.29. The predicted molar refractivity (Wildman–Crippen MR) is 92.4 cm³/mol. The third-order valence-corrected chi connectivity index (χ3v) is 5.24. The van der Waals surface area contributed by atoms with E-state index in [0.717, 1.165) is 0 Å². The average Bonchev–Trinajstić information content (AvgIpc) is 2.53. The van der Waals surface area contributed by atoms with Crippen LogP contribution in [-0.2, 0) is 10.0 Å². The highest BCUT2D eigenvalue weighted by Crippen LogP contribution is 2.29. The van der Waals surface area contributed by atoms with Crippen LogP contribution in [0.4, 0.5) is 18.9 Å². The molecule has 2 rings (SSSR count). The molecule has 7 nitrogen and oxygen atoms in total. The lowest BCUT2D eigenvalue weighted by atomic mass is 9.98. The summed E-state index contributed by atoms with van der Waals surface area (Å²) in [5.41, 5.74) is 5.80. The van der Waals surface area contributed by atoms with Gasteiger partial charge >= 0.3 is 6.36 Å². The number of nitrogens with zero attached hydrogens (tertiary/aromatic N) is 2. The molecule has 146 valence electrons. The van der Waals surface area contributed by atoms with Gasteiger partial charge in [0, 0.05) is 19.6 Å². The van der Waals surface area contributed by atoms with Crippen molar-refractivity contribution in [3.63, 3.8) is 0 Å². The van der Waals surface area contributed by atoms with Crippen molar-refractivity contribution in [2.45, 2.75) is 19.2 Å². The number of nitrogens with one attached hydrogen (secondary N) is 1. The molecule has 1 aliphatic heterocycles. The first-order valence-corrected chi connectivity index (χ1v) is 9.76. The molecule has 1 heterocycles. The number of nitrogens with two attached hydrogens (primary N) is 1. The SMILES string of the molecule is CS(=O)(=O)N1CCC(CN=C(N)Nc2ccccc2OC(F)(F)F)CC1. The Labute approximate surface area is 150 Å². The number of rotatable bonds is 5. The van der Waals surface area contributed by atoms with Crippen molar-refractivity contribution in [2.24, 2.45) is 16.6 Å². The maximum atomic E-state index is 12.4. The molecule has 1 fully saturated rings. The van der Waals surface area contributed by atoms with Gasteiger partial charge in [0.2, 0.25) is 10.0 Å². The van der Waals surface area contributed by atoms with Crippen molar-refractivity contribution >= 4 is 21.7 Å². The van der Waals surface area contributed by atoms with Crippen LogP contribution in [0.2, 0.25) is 0 Å². The molecule has 1 aromatic carbocycles. The molecule has 0 unspecified atom stereocenters. The monoisotopic (exact) mass is 394 g/mol. The quantitative estimate of drug-likeness (QED) is 0.588. The Bertz CT molecular complexity index is 745. The van der Waals surface area contributed by atoms with Gasteiger partial charge in [0.15, 0.2) is 11.7 Å². The molecule has 3 N–H and O–H groups in total. The maximum Gasteiger partial charge on any atom is 0.573 e. The van der Waals surface area contributed by atoms with Crippen molar-refractivity contribution in [2.75, 3.05) is 31.2 Å². The first kappa shape index (κ1) is 20.3. The first-order chi connectivity index (χ1) is 12.0. The van der Waals surface area contributed by atoms with Crippen LogP contribution in [0, 0.1) is 5.92 Å².